The van der Waals surface area contributed by atoms with Crippen molar-refractivity contribution in [3.63, 3.8) is 0 Å². The van der Waals surface area contributed by atoms with E-state index in [1.165, 1.54) is 5.56 Å². The van der Waals surface area contributed by atoms with Crippen LogP contribution in [0.4, 0.5) is 0 Å². The summed E-state index contributed by atoms with van der Waals surface area (Å²) in [6, 6.07) is 8.92. The fourth-order valence-corrected chi connectivity index (χ4v) is 2.90. The van der Waals surface area contributed by atoms with Crippen LogP contribution in [-0.4, -0.2) is 44.3 Å². The number of likely N-dealkylation sites (N-methyl/N-ethyl adjacent to an activating group) is 1. The van der Waals surface area contributed by atoms with Crippen molar-refractivity contribution in [1.29, 1.82) is 0 Å². The monoisotopic (exact) mass is 326 g/mol. The molecule has 1 aliphatic heterocycles. The molecule has 0 radical (unpaired) electrons. The summed E-state index contributed by atoms with van der Waals surface area (Å²) >= 11 is 3.54. The van der Waals surface area contributed by atoms with Gasteiger partial charge in [-0.25, -0.2) is 0 Å². The highest BCUT2D eigenvalue weighted by Crippen LogP contribution is 2.20. The molecule has 4 heteroatoms. The second-order valence-corrected chi connectivity index (χ2v) is 6.09. The first-order valence-corrected chi connectivity index (χ1v) is 7.77. The summed E-state index contributed by atoms with van der Waals surface area (Å²) in [7, 11) is 2.15. The highest BCUT2D eigenvalue weighted by atomic mass is 79.9. The molecule has 1 aromatic carbocycles. The molecule has 1 aliphatic rings. The Balaban J connectivity index is 1.89. The first-order chi connectivity index (χ1) is 9.19. The van der Waals surface area contributed by atoms with Crippen molar-refractivity contribution in [3.05, 3.63) is 34.3 Å². The van der Waals surface area contributed by atoms with Gasteiger partial charge in [0, 0.05) is 30.1 Å². The van der Waals surface area contributed by atoms with Gasteiger partial charge in [0.05, 0.1) is 12.7 Å². The molecular formula is C15H23BrN2O. The second kappa shape index (κ2) is 7.39. The largest absolute Gasteiger partial charge is 0.374 e. The Labute approximate surface area is 124 Å². The number of hydrogen-bond donors (Lipinski definition) is 1. The lowest BCUT2D eigenvalue weighted by atomic mass is 10.0. The maximum absolute atomic E-state index is 5.79. The molecule has 0 spiro atoms. The lowest BCUT2D eigenvalue weighted by molar-refractivity contribution is -0.0193. The van der Waals surface area contributed by atoms with Gasteiger partial charge in [-0.05, 0) is 31.2 Å². The highest BCUT2D eigenvalue weighted by molar-refractivity contribution is 9.10. The molecule has 1 heterocycles. The van der Waals surface area contributed by atoms with Gasteiger partial charge in [0.15, 0.2) is 0 Å². The van der Waals surface area contributed by atoms with E-state index in [2.05, 4.69) is 64.4 Å². The van der Waals surface area contributed by atoms with Crippen molar-refractivity contribution < 1.29 is 4.74 Å². The molecule has 0 bridgehead atoms. The third kappa shape index (κ3) is 4.56. The summed E-state index contributed by atoms with van der Waals surface area (Å²) < 4.78 is 6.93. The summed E-state index contributed by atoms with van der Waals surface area (Å²) in [5.74, 6) is 0. The predicted molar refractivity (Wildman–Crippen MR) is 82.4 cm³/mol. The predicted octanol–water partition coefficient (Wildman–Crippen LogP) is 2.82. The van der Waals surface area contributed by atoms with Crippen LogP contribution in [0, 0.1) is 0 Å². The van der Waals surface area contributed by atoms with Gasteiger partial charge in [-0.1, -0.05) is 35.0 Å². The fourth-order valence-electron chi connectivity index (χ4n) is 2.49. The Kier molecular flexibility index (Phi) is 5.82. The zero-order chi connectivity index (χ0) is 13.7. The minimum Gasteiger partial charge on any atom is -0.374 e. The first kappa shape index (κ1) is 15.0. The van der Waals surface area contributed by atoms with Crippen LogP contribution in [0.2, 0.25) is 0 Å². The number of nitrogens with one attached hydrogen (secondary N) is 1. The van der Waals surface area contributed by atoms with Gasteiger partial charge in [-0.2, -0.15) is 0 Å². The van der Waals surface area contributed by atoms with Gasteiger partial charge >= 0.3 is 0 Å². The molecule has 0 aromatic heterocycles. The zero-order valence-electron chi connectivity index (χ0n) is 11.7. The zero-order valence-corrected chi connectivity index (χ0v) is 13.3. The Morgan fingerprint density at radius 3 is 3.05 bits per heavy atom. The molecule has 106 valence electrons. The quantitative estimate of drug-likeness (QED) is 0.900. The third-order valence-electron chi connectivity index (χ3n) is 3.59. The SMILES string of the molecule is CCC(NCC1CN(C)CCO1)c1cccc(Br)c1. The third-order valence-corrected chi connectivity index (χ3v) is 4.09. The van der Waals surface area contributed by atoms with Crippen LogP contribution >= 0.6 is 15.9 Å². The van der Waals surface area contributed by atoms with Gasteiger partial charge < -0.3 is 15.0 Å². The number of hydrogen-bond acceptors (Lipinski definition) is 3. The lowest BCUT2D eigenvalue weighted by Crippen LogP contribution is -2.45. The average molecular weight is 327 g/mol. The molecule has 2 rings (SSSR count). The summed E-state index contributed by atoms with van der Waals surface area (Å²) in [5, 5.41) is 3.63. The van der Waals surface area contributed by atoms with Gasteiger partial charge in [0.25, 0.3) is 0 Å². The lowest BCUT2D eigenvalue weighted by Gasteiger charge is -2.31. The molecule has 1 fully saturated rings. The molecule has 1 aromatic rings. The van der Waals surface area contributed by atoms with E-state index >= 15 is 0 Å². The van der Waals surface area contributed by atoms with E-state index in [0.717, 1.165) is 37.1 Å². The van der Waals surface area contributed by atoms with Crippen LogP contribution in [0.1, 0.15) is 24.9 Å². The summed E-state index contributed by atoms with van der Waals surface area (Å²) in [4.78, 5) is 2.33. The van der Waals surface area contributed by atoms with Crippen molar-refractivity contribution in [2.45, 2.75) is 25.5 Å². The minimum absolute atomic E-state index is 0.306. The van der Waals surface area contributed by atoms with Crippen LogP contribution in [-0.2, 0) is 4.74 Å². The van der Waals surface area contributed by atoms with Crippen molar-refractivity contribution in [1.82, 2.24) is 10.2 Å². The van der Waals surface area contributed by atoms with Crippen molar-refractivity contribution in [2.24, 2.45) is 0 Å². The first-order valence-electron chi connectivity index (χ1n) is 6.98. The number of rotatable bonds is 5. The van der Waals surface area contributed by atoms with Crippen LogP contribution < -0.4 is 5.32 Å². The van der Waals surface area contributed by atoms with E-state index < -0.39 is 0 Å². The summed E-state index contributed by atoms with van der Waals surface area (Å²) in [6.45, 7) is 6.03. The summed E-state index contributed by atoms with van der Waals surface area (Å²) in [5.41, 5.74) is 1.33. The van der Waals surface area contributed by atoms with E-state index in [1.54, 1.807) is 0 Å². The number of nitrogens with zero attached hydrogens (tertiary/aromatic N) is 1. The van der Waals surface area contributed by atoms with E-state index in [1.807, 2.05) is 0 Å². The maximum Gasteiger partial charge on any atom is 0.0826 e. The maximum atomic E-state index is 5.79. The van der Waals surface area contributed by atoms with E-state index in [-0.39, 0.29) is 0 Å². The van der Waals surface area contributed by atoms with Gasteiger partial charge in [-0.3, -0.25) is 0 Å². The Hall–Kier alpha value is -0.420. The van der Waals surface area contributed by atoms with Gasteiger partial charge in [-0.15, -0.1) is 0 Å². The molecule has 1 saturated heterocycles. The number of ether oxygens (including phenoxy) is 1. The second-order valence-electron chi connectivity index (χ2n) is 5.18. The van der Waals surface area contributed by atoms with Crippen molar-refractivity contribution >= 4 is 15.9 Å². The van der Waals surface area contributed by atoms with Gasteiger partial charge in [0.1, 0.15) is 0 Å². The van der Waals surface area contributed by atoms with Gasteiger partial charge in [0.2, 0.25) is 0 Å². The number of benzene rings is 1. The number of halogens is 1. The molecule has 3 nitrogen and oxygen atoms in total. The standard InChI is InChI=1S/C15H23BrN2O/c1-3-15(12-5-4-6-13(16)9-12)17-10-14-11-18(2)7-8-19-14/h4-6,9,14-15,17H,3,7-8,10-11H2,1-2H3. The van der Waals surface area contributed by atoms with Crippen molar-refractivity contribution in [2.75, 3.05) is 33.3 Å². The highest BCUT2D eigenvalue weighted by Gasteiger charge is 2.19. The van der Waals surface area contributed by atoms with E-state index in [0.29, 0.717) is 12.1 Å². The van der Waals surface area contributed by atoms with E-state index in [4.69, 9.17) is 4.74 Å². The molecule has 0 aliphatic carbocycles. The fraction of sp³-hybridized carbons (Fsp3) is 0.600. The molecule has 0 amide bonds. The van der Waals surface area contributed by atoms with Crippen LogP contribution in [0.15, 0.2) is 28.7 Å². The molecule has 19 heavy (non-hydrogen) atoms. The van der Waals surface area contributed by atoms with E-state index in [9.17, 15) is 0 Å². The molecule has 2 atom stereocenters. The Morgan fingerprint density at radius 2 is 2.37 bits per heavy atom. The summed E-state index contributed by atoms with van der Waals surface area (Å²) in [6.07, 6.45) is 1.39. The molecule has 1 N–H and O–H groups in total. The normalized spacial score (nSPS) is 22.4. The average Bonchev–Trinajstić information content (AvgIpc) is 2.40. The smallest absolute Gasteiger partial charge is 0.0826 e. The Morgan fingerprint density at radius 1 is 1.53 bits per heavy atom. The van der Waals surface area contributed by atoms with Crippen LogP contribution in [0.3, 0.4) is 0 Å². The molecular weight excluding hydrogens is 304 g/mol. The van der Waals surface area contributed by atoms with Crippen molar-refractivity contribution in [3.8, 4) is 0 Å². The molecule has 2 unspecified atom stereocenters. The minimum atomic E-state index is 0.306. The topological polar surface area (TPSA) is 24.5 Å². The molecule has 0 saturated carbocycles. The van der Waals surface area contributed by atoms with Crippen LogP contribution in [0.25, 0.3) is 0 Å². The Bertz CT molecular complexity index is 399. The van der Waals surface area contributed by atoms with Crippen LogP contribution in [0.5, 0.6) is 0 Å². The number of morpholine rings is 1.